The lowest BCUT2D eigenvalue weighted by Crippen LogP contribution is -2.46. The zero-order valence-electron chi connectivity index (χ0n) is 13.4. The van der Waals surface area contributed by atoms with E-state index in [4.69, 9.17) is 0 Å². The van der Waals surface area contributed by atoms with Gasteiger partial charge in [-0.1, -0.05) is 18.2 Å². The number of fused-ring (bicyclic) bond motifs is 1. The Hall–Kier alpha value is -2.84. The average molecular weight is 317 g/mol. The van der Waals surface area contributed by atoms with Gasteiger partial charge in [0.25, 0.3) is 0 Å². The number of nitrogens with one attached hydrogen (secondary N) is 1. The molecule has 1 aliphatic rings. The van der Waals surface area contributed by atoms with Crippen LogP contribution in [0.2, 0.25) is 0 Å². The molecule has 0 aliphatic carbocycles. The molecule has 1 N–H and O–H groups in total. The largest absolute Gasteiger partial charge is 0.369 e. The Labute approximate surface area is 141 Å². The second kappa shape index (κ2) is 6.34. The van der Waals surface area contributed by atoms with Gasteiger partial charge in [-0.3, -0.25) is 9.88 Å². The lowest BCUT2D eigenvalue weighted by molar-refractivity contribution is 0.247. The molecule has 1 saturated heterocycles. The van der Waals surface area contributed by atoms with Crippen LogP contribution in [0.5, 0.6) is 0 Å². The van der Waals surface area contributed by atoms with E-state index >= 15 is 0 Å². The smallest absolute Gasteiger partial charge is 0.102 e. The van der Waals surface area contributed by atoms with Crippen LogP contribution in [0, 0.1) is 11.3 Å². The van der Waals surface area contributed by atoms with E-state index < -0.39 is 0 Å². The summed E-state index contributed by atoms with van der Waals surface area (Å²) in [5.74, 6) is 0. The average Bonchev–Trinajstić information content (AvgIpc) is 3.00. The third-order valence-electron chi connectivity index (χ3n) is 4.68. The first-order valence-electron chi connectivity index (χ1n) is 8.22. The maximum absolute atomic E-state index is 9.52. The standard InChI is InChI=1S/C19H19N5/c20-13-17-16-3-1-2-4-18(16)22-19(17)14-23-9-11-24(12-10-23)15-5-7-21-8-6-15/h1-8,22H,9-12,14H2. The molecule has 1 aliphatic heterocycles. The Morgan fingerprint density at radius 2 is 1.79 bits per heavy atom. The minimum Gasteiger partial charge on any atom is -0.369 e. The summed E-state index contributed by atoms with van der Waals surface area (Å²) < 4.78 is 0. The Morgan fingerprint density at radius 3 is 2.54 bits per heavy atom. The van der Waals surface area contributed by atoms with Crippen molar-refractivity contribution in [1.29, 1.82) is 5.26 Å². The fourth-order valence-corrected chi connectivity index (χ4v) is 3.39. The van der Waals surface area contributed by atoms with E-state index in [1.165, 1.54) is 5.69 Å². The van der Waals surface area contributed by atoms with Crippen molar-refractivity contribution in [3.63, 3.8) is 0 Å². The van der Waals surface area contributed by atoms with Gasteiger partial charge in [0.05, 0.1) is 5.56 Å². The van der Waals surface area contributed by atoms with Crippen LogP contribution in [-0.4, -0.2) is 41.0 Å². The zero-order valence-corrected chi connectivity index (χ0v) is 13.4. The van der Waals surface area contributed by atoms with Crippen LogP contribution in [0.1, 0.15) is 11.3 Å². The summed E-state index contributed by atoms with van der Waals surface area (Å²) >= 11 is 0. The van der Waals surface area contributed by atoms with Gasteiger partial charge in [0.2, 0.25) is 0 Å². The van der Waals surface area contributed by atoms with Gasteiger partial charge >= 0.3 is 0 Å². The van der Waals surface area contributed by atoms with Crippen LogP contribution in [0.25, 0.3) is 10.9 Å². The van der Waals surface area contributed by atoms with Gasteiger partial charge in [0, 0.05) is 67.4 Å². The Kier molecular flexibility index (Phi) is 3.89. The van der Waals surface area contributed by atoms with E-state index in [-0.39, 0.29) is 0 Å². The number of rotatable bonds is 3. The second-order valence-corrected chi connectivity index (χ2v) is 6.10. The van der Waals surface area contributed by atoms with Crippen LogP contribution >= 0.6 is 0 Å². The number of H-pyrrole nitrogens is 1. The number of nitrogens with zero attached hydrogens (tertiary/aromatic N) is 4. The van der Waals surface area contributed by atoms with Gasteiger partial charge in [-0.2, -0.15) is 5.26 Å². The number of aromatic amines is 1. The van der Waals surface area contributed by atoms with Crippen molar-refractivity contribution in [2.75, 3.05) is 31.1 Å². The highest BCUT2D eigenvalue weighted by atomic mass is 15.3. The molecule has 0 radical (unpaired) electrons. The summed E-state index contributed by atoms with van der Waals surface area (Å²) in [6.45, 7) is 4.76. The van der Waals surface area contributed by atoms with Gasteiger partial charge in [-0.25, -0.2) is 0 Å². The van der Waals surface area contributed by atoms with Gasteiger partial charge < -0.3 is 9.88 Å². The van der Waals surface area contributed by atoms with E-state index in [2.05, 4.69) is 38.0 Å². The summed E-state index contributed by atoms with van der Waals surface area (Å²) in [4.78, 5) is 12.3. The lowest BCUT2D eigenvalue weighted by atomic mass is 10.1. The second-order valence-electron chi connectivity index (χ2n) is 6.10. The molecule has 3 aromatic rings. The first kappa shape index (κ1) is 14.7. The van der Waals surface area contributed by atoms with Gasteiger partial charge in [-0.15, -0.1) is 0 Å². The van der Waals surface area contributed by atoms with Gasteiger partial charge in [0.1, 0.15) is 6.07 Å². The number of anilines is 1. The molecular weight excluding hydrogens is 298 g/mol. The normalized spacial score (nSPS) is 15.5. The molecule has 0 saturated carbocycles. The lowest BCUT2D eigenvalue weighted by Gasteiger charge is -2.35. The monoisotopic (exact) mass is 317 g/mol. The Balaban J connectivity index is 1.47. The molecule has 0 unspecified atom stereocenters. The molecule has 2 aromatic heterocycles. The number of piperazine rings is 1. The number of pyridine rings is 1. The molecule has 24 heavy (non-hydrogen) atoms. The third-order valence-corrected chi connectivity index (χ3v) is 4.68. The van der Waals surface area contributed by atoms with E-state index in [0.29, 0.717) is 0 Å². The van der Waals surface area contributed by atoms with Gasteiger partial charge in [0.15, 0.2) is 0 Å². The molecule has 0 amide bonds. The summed E-state index contributed by atoms with van der Waals surface area (Å²) in [6.07, 6.45) is 3.68. The van der Waals surface area contributed by atoms with Crippen molar-refractivity contribution in [2.24, 2.45) is 0 Å². The first-order valence-corrected chi connectivity index (χ1v) is 8.22. The minimum absolute atomic E-state index is 0.780. The van der Waals surface area contributed by atoms with E-state index in [1.54, 1.807) is 0 Å². The Bertz CT molecular complexity index is 870. The van der Waals surface area contributed by atoms with Crippen LogP contribution in [0.3, 0.4) is 0 Å². The van der Waals surface area contributed by atoms with Crippen molar-refractivity contribution in [1.82, 2.24) is 14.9 Å². The number of aromatic nitrogens is 2. The fraction of sp³-hybridized carbons (Fsp3) is 0.263. The zero-order chi connectivity index (χ0) is 16.4. The van der Waals surface area contributed by atoms with Crippen molar-refractivity contribution in [3.05, 3.63) is 60.0 Å². The summed E-state index contributed by atoms with van der Waals surface area (Å²) in [6, 6.07) is 14.5. The highest BCUT2D eigenvalue weighted by Crippen LogP contribution is 2.23. The fourth-order valence-electron chi connectivity index (χ4n) is 3.39. The van der Waals surface area contributed by atoms with Crippen molar-refractivity contribution < 1.29 is 0 Å². The number of nitriles is 1. The molecule has 0 atom stereocenters. The number of hydrogen-bond acceptors (Lipinski definition) is 4. The molecular formula is C19H19N5. The molecule has 120 valence electrons. The molecule has 0 bridgehead atoms. The summed E-state index contributed by atoms with van der Waals surface area (Å²) in [7, 11) is 0. The highest BCUT2D eigenvalue weighted by molar-refractivity contribution is 5.87. The van der Waals surface area contributed by atoms with Crippen molar-refractivity contribution >= 4 is 16.6 Å². The van der Waals surface area contributed by atoms with E-state index in [0.717, 1.165) is 54.9 Å². The van der Waals surface area contributed by atoms with Gasteiger partial charge in [-0.05, 0) is 18.2 Å². The van der Waals surface area contributed by atoms with Crippen LogP contribution in [0.15, 0.2) is 48.8 Å². The van der Waals surface area contributed by atoms with Crippen LogP contribution in [-0.2, 0) is 6.54 Å². The maximum atomic E-state index is 9.52. The van der Waals surface area contributed by atoms with E-state index in [9.17, 15) is 5.26 Å². The summed E-state index contributed by atoms with van der Waals surface area (Å²) in [5, 5.41) is 10.5. The molecule has 1 fully saturated rings. The SMILES string of the molecule is N#Cc1c(CN2CCN(c3ccncc3)CC2)[nH]c2ccccc12. The first-order chi connectivity index (χ1) is 11.8. The number of hydrogen-bond donors (Lipinski definition) is 1. The topological polar surface area (TPSA) is 59.0 Å². The number of benzene rings is 1. The molecule has 1 aromatic carbocycles. The number of para-hydroxylation sites is 1. The highest BCUT2D eigenvalue weighted by Gasteiger charge is 2.20. The summed E-state index contributed by atoms with van der Waals surface area (Å²) in [5.41, 5.74) is 4.07. The quantitative estimate of drug-likeness (QED) is 0.807. The minimum atomic E-state index is 0.780. The molecule has 3 heterocycles. The Morgan fingerprint density at radius 1 is 1.04 bits per heavy atom. The molecule has 4 rings (SSSR count). The van der Waals surface area contributed by atoms with Crippen molar-refractivity contribution in [2.45, 2.75) is 6.54 Å². The molecule has 5 nitrogen and oxygen atoms in total. The van der Waals surface area contributed by atoms with Crippen molar-refractivity contribution in [3.8, 4) is 6.07 Å². The van der Waals surface area contributed by atoms with Crippen LogP contribution < -0.4 is 4.90 Å². The predicted octanol–water partition coefficient (Wildman–Crippen LogP) is 2.76. The molecule has 5 heteroatoms. The third kappa shape index (κ3) is 2.72. The predicted molar refractivity (Wildman–Crippen MR) is 94.7 cm³/mol. The molecule has 0 spiro atoms. The van der Waals surface area contributed by atoms with Crippen LogP contribution in [0.4, 0.5) is 5.69 Å². The van der Waals surface area contributed by atoms with E-state index in [1.807, 2.05) is 36.7 Å². The maximum Gasteiger partial charge on any atom is 0.102 e.